The lowest BCUT2D eigenvalue weighted by Gasteiger charge is -2.22. The van der Waals surface area contributed by atoms with Gasteiger partial charge in [-0.25, -0.2) is 8.42 Å². The maximum absolute atomic E-state index is 11.4. The van der Waals surface area contributed by atoms with E-state index in [9.17, 15) is 8.42 Å². The van der Waals surface area contributed by atoms with Crippen molar-refractivity contribution in [3.63, 3.8) is 0 Å². The summed E-state index contributed by atoms with van der Waals surface area (Å²) in [6.45, 7) is 2.19. The Kier molecular flexibility index (Phi) is 3.55. The summed E-state index contributed by atoms with van der Waals surface area (Å²) in [5.74, 6) is 1.31. The molecule has 2 aliphatic heterocycles. The van der Waals surface area contributed by atoms with Crippen molar-refractivity contribution in [2.45, 2.75) is 24.8 Å². The lowest BCUT2D eigenvalue weighted by Crippen LogP contribution is -2.42. The summed E-state index contributed by atoms with van der Waals surface area (Å²) in [7, 11) is -2.92. The van der Waals surface area contributed by atoms with Gasteiger partial charge in [-0.05, 0) is 6.42 Å². The summed E-state index contributed by atoms with van der Waals surface area (Å²) in [6, 6.07) is 0.189. The molecule has 3 rings (SSSR count). The molecule has 0 spiro atoms. The minimum absolute atomic E-state index is 0.113. The first-order valence-corrected chi connectivity index (χ1v) is 8.28. The van der Waals surface area contributed by atoms with Crippen LogP contribution in [0.3, 0.4) is 0 Å². The molecule has 2 fully saturated rings. The number of morpholine rings is 1. The van der Waals surface area contributed by atoms with Gasteiger partial charge in [-0.1, -0.05) is 5.16 Å². The Morgan fingerprint density at radius 1 is 1.42 bits per heavy atom. The molecule has 0 saturated carbocycles. The Hall–Kier alpha value is -0.990. The van der Waals surface area contributed by atoms with Crippen molar-refractivity contribution >= 4 is 9.84 Å². The van der Waals surface area contributed by atoms with Crippen LogP contribution >= 0.6 is 0 Å². The SMILES string of the molecule is O=S1(=O)CCC(c2noc(CC3COCCN3)n2)C1. The molecule has 0 bridgehead atoms. The van der Waals surface area contributed by atoms with Gasteiger partial charge < -0.3 is 14.6 Å². The van der Waals surface area contributed by atoms with E-state index >= 15 is 0 Å². The number of nitrogens with one attached hydrogen (secondary N) is 1. The Morgan fingerprint density at radius 3 is 3.00 bits per heavy atom. The molecular formula is C11H17N3O4S. The van der Waals surface area contributed by atoms with Crippen LogP contribution in [0.25, 0.3) is 0 Å². The molecule has 0 aromatic carbocycles. The van der Waals surface area contributed by atoms with Gasteiger partial charge in [0.15, 0.2) is 15.7 Å². The third-order valence-electron chi connectivity index (χ3n) is 3.50. The lowest BCUT2D eigenvalue weighted by molar-refractivity contribution is 0.0744. The molecule has 2 aliphatic rings. The van der Waals surface area contributed by atoms with E-state index in [1.165, 1.54) is 0 Å². The van der Waals surface area contributed by atoms with Gasteiger partial charge in [-0.2, -0.15) is 4.98 Å². The fraction of sp³-hybridized carbons (Fsp3) is 0.818. The van der Waals surface area contributed by atoms with Crippen LogP contribution in [-0.4, -0.2) is 55.9 Å². The highest BCUT2D eigenvalue weighted by molar-refractivity contribution is 7.91. The molecule has 0 aliphatic carbocycles. The maximum atomic E-state index is 11.4. The van der Waals surface area contributed by atoms with Crippen molar-refractivity contribution in [3.05, 3.63) is 11.7 Å². The van der Waals surface area contributed by atoms with Crippen LogP contribution in [0.2, 0.25) is 0 Å². The number of hydrogen-bond acceptors (Lipinski definition) is 7. The zero-order chi connectivity index (χ0) is 13.3. The molecule has 2 atom stereocenters. The molecule has 106 valence electrons. The van der Waals surface area contributed by atoms with Crippen molar-refractivity contribution in [3.8, 4) is 0 Å². The van der Waals surface area contributed by atoms with Crippen molar-refractivity contribution in [1.82, 2.24) is 15.5 Å². The van der Waals surface area contributed by atoms with E-state index in [4.69, 9.17) is 9.26 Å². The average molecular weight is 287 g/mol. The molecule has 7 nitrogen and oxygen atoms in total. The van der Waals surface area contributed by atoms with Gasteiger partial charge in [0, 0.05) is 24.9 Å². The van der Waals surface area contributed by atoms with Gasteiger partial charge >= 0.3 is 0 Å². The summed E-state index contributed by atoms with van der Waals surface area (Å²) in [4.78, 5) is 4.31. The van der Waals surface area contributed by atoms with Crippen LogP contribution in [0, 0.1) is 0 Å². The van der Waals surface area contributed by atoms with E-state index in [0.29, 0.717) is 31.2 Å². The molecule has 1 N–H and O–H groups in total. The smallest absolute Gasteiger partial charge is 0.228 e. The predicted octanol–water partition coefficient (Wildman–Crippen LogP) is -0.497. The molecule has 19 heavy (non-hydrogen) atoms. The van der Waals surface area contributed by atoms with Gasteiger partial charge in [-0.3, -0.25) is 0 Å². The highest BCUT2D eigenvalue weighted by atomic mass is 32.2. The average Bonchev–Trinajstić information content (AvgIpc) is 2.97. The second-order valence-corrected chi connectivity index (χ2v) is 7.31. The van der Waals surface area contributed by atoms with Crippen molar-refractivity contribution < 1.29 is 17.7 Å². The highest BCUT2D eigenvalue weighted by Crippen LogP contribution is 2.26. The monoisotopic (exact) mass is 287 g/mol. The highest BCUT2D eigenvalue weighted by Gasteiger charge is 2.32. The Balaban J connectivity index is 1.63. The molecule has 2 saturated heterocycles. The van der Waals surface area contributed by atoms with Gasteiger partial charge in [-0.15, -0.1) is 0 Å². The van der Waals surface area contributed by atoms with Gasteiger partial charge in [0.1, 0.15) is 0 Å². The number of aromatic nitrogens is 2. The number of hydrogen-bond donors (Lipinski definition) is 1. The maximum Gasteiger partial charge on any atom is 0.228 e. The zero-order valence-corrected chi connectivity index (χ0v) is 11.4. The molecule has 1 aromatic rings. The lowest BCUT2D eigenvalue weighted by atomic mass is 10.1. The zero-order valence-electron chi connectivity index (χ0n) is 10.5. The summed E-state index contributed by atoms with van der Waals surface area (Å²) >= 11 is 0. The third-order valence-corrected chi connectivity index (χ3v) is 5.27. The van der Waals surface area contributed by atoms with E-state index in [0.717, 1.165) is 13.2 Å². The van der Waals surface area contributed by atoms with Gasteiger partial charge in [0.2, 0.25) is 5.89 Å². The molecule has 8 heteroatoms. The first kappa shape index (κ1) is 13.0. The number of nitrogens with zero attached hydrogens (tertiary/aromatic N) is 2. The Bertz CT molecular complexity index is 536. The first-order valence-electron chi connectivity index (χ1n) is 6.46. The van der Waals surface area contributed by atoms with Crippen LogP contribution in [0.1, 0.15) is 24.1 Å². The second-order valence-electron chi connectivity index (χ2n) is 5.08. The van der Waals surface area contributed by atoms with Crippen LogP contribution in [0.15, 0.2) is 4.52 Å². The predicted molar refractivity (Wildman–Crippen MR) is 66.6 cm³/mol. The van der Waals surface area contributed by atoms with Crippen molar-refractivity contribution in [2.75, 3.05) is 31.3 Å². The van der Waals surface area contributed by atoms with Crippen LogP contribution in [-0.2, 0) is 21.0 Å². The molecule has 0 radical (unpaired) electrons. The minimum Gasteiger partial charge on any atom is -0.378 e. The van der Waals surface area contributed by atoms with E-state index < -0.39 is 9.84 Å². The van der Waals surface area contributed by atoms with Crippen molar-refractivity contribution in [2.24, 2.45) is 0 Å². The number of sulfone groups is 1. The van der Waals surface area contributed by atoms with E-state index in [-0.39, 0.29) is 23.5 Å². The fourth-order valence-corrected chi connectivity index (χ4v) is 4.22. The Morgan fingerprint density at radius 2 is 2.32 bits per heavy atom. The molecule has 3 heterocycles. The van der Waals surface area contributed by atoms with E-state index in [2.05, 4.69) is 15.5 Å². The summed E-state index contributed by atoms with van der Waals surface area (Å²) in [5, 5.41) is 7.22. The molecule has 1 aromatic heterocycles. The van der Waals surface area contributed by atoms with Crippen LogP contribution in [0.5, 0.6) is 0 Å². The fourth-order valence-electron chi connectivity index (χ4n) is 2.48. The van der Waals surface area contributed by atoms with E-state index in [1.807, 2.05) is 0 Å². The van der Waals surface area contributed by atoms with Crippen molar-refractivity contribution in [1.29, 1.82) is 0 Å². The minimum atomic E-state index is -2.92. The molecule has 2 unspecified atom stereocenters. The van der Waals surface area contributed by atoms with Gasteiger partial charge in [0.25, 0.3) is 0 Å². The topological polar surface area (TPSA) is 94.3 Å². The summed E-state index contributed by atoms with van der Waals surface area (Å²) in [6.07, 6.45) is 1.21. The third kappa shape index (κ3) is 3.13. The van der Waals surface area contributed by atoms with E-state index in [1.54, 1.807) is 0 Å². The quantitative estimate of drug-likeness (QED) is 0.801. The Labute approximate surface area is 111 Å². The molecular weight excluding hydrogens is 270 g/mol. The second kappa shape index (κ2) is 5.18. The standard InChI is InChI=1S/C11H17N3O4S/c15-19(16)4-1-8(7-19)11-13-10(18-14-11)5-9-6-17-3-2-12-9/h8-9,12H,1-7H2. The van der Waals surface area contributed by atoms with Crippen LogP contribution < -0.4 is 5.32 Å². The van der Waals surface area contributed by atoms with Crippen LogP contribution in [0.4, 0.5) is 0 Å². The summed E-state index contributed by atoms with van der Waals surface area (Å²) in [5.41, 5.74) is 0. The number of ether oxygens (including phenoxy) is 1. The van der Waals surface area contributed by atoms with Gasteiger partial charge in [0.05, 0.1) is 24.7 Å². The largest absolute Gasteiger partial charge is 0.378 e. The normalized spacial score (nSPS) is 30.5. The number of rotatable bonds is 3. The first-order chi connectivity index (χ1) is 9.12. The molecule has 0 amide bonds. The summed E-state index contributed by atoms with van der Waals surface area (Å²) < 4.78 is 33.4.